The molecule has 6 heteroatoms. The summed E-state index contributed by atoms with van der Waals surface area (Å²) in [7, 11) is -3.32. The van der Waals surface area contributed by atoms with E-state index >= 15 is 0 Å². The van der Waals surface area contributed by atoms with Crippen molar-refractivity contribution in [1.29, 1.82) is 0 Å². The molecule has 1 unspecified atom stereocenters. The third-order valence-electron chi connectivity index (χ3n) is 5.44. The number of hydrogen-bond donors (Lipinski definition) is 1. The molecule has 126 valence electrons. The summed E-state index contributed by atoms with van der Waals surface area (Å²) in [5.74, 6) is 0.0126. The molecule has 1 aliphatic carbocycles. The van der Waals surface area contributed by atoms with Gasteiger partial charge in [0, 0.05) is 24.5 Å². The minimum Gasteiger partial charge on any atom is -0.340 e. The summed E-state index contributed by atoms with van der Waals surface area (Å²) in [6.45, 7) is 2.92. The SMILES string of the molecule is CCS(=O)(=O)c1ccccc1CC(=O)N1CC(N)C2(CCC2)C1. The Morgan fingerprint density at radius 2 is 2.04 bits per heavy atom. The van der Waals surface area contributed by atoms with Gasteiger partial charge in [-0.1, -0.05) is 31.5 Å². The fourth-order valence-electron chi connectivity index (χ4n) is 3.73. The molecule has 0 radical (unpaired) electrons. The van der Waals surface area contributed by atoms with Crippen LogP contribution in [0.5, 0.6) is 0 Å². The van der Waals surface area contributed by atoms with Gasteiger partial charge in [0.05, 0.1) is 17.1 Å². The maximum Gasteiger partial charge on any atom is 0.227 e. The average molecular weight is 336 g/mol. The maximum absolute atomic E-state index is 12.6. The highest BCUT2D eigenvalue weighted by Crippen LogP contribution is 2.47. The van der Waals surface area contributed by atoms with Crippen LogP contribution in [0.4, 0.5) is 0 Å². The van der Waals surface area contributed by atoms with Crippen molar-refractivity contribution in [2.24, 2.45) is 11.1 Å². The Morgan fingerprint density at radius 3 is 2.61 bits per heavy atom. The van der Waals surface area contributed by atoms with Gasteiger partial charge in [0.25, 0.3) is 0 Å². The molecular weight excluding hydrogens is 312 g/mol. The number of rotatable bonds is 4. The van der Waals surface area contributed by atoms with Crippen molar-refractivity contribution in [3.05, 3.63) is 29.8 Å². The molecule has 0 bridgehead atoms. The highest BCUT2D eigenvalue weighted by Gasteiger charge is 2.49. The molecule has 1 amide bonds. The van der Waals surface area contributed by atoms with Crippen LogP contribution in [-0.4, -0.2) is 44.1 Å². The molecule has 2 aliphatic rings. The number of benzene rings is 1. The predicted octanol–water partition coefficient (Wildman–Crippen LogP) is 1.36. The zero-order valence-corrected chi connectivity index (χ0v) is 14.3. The van der Waals surface area contributed by atoms with Gasteiger partial charge in [0.1, 0.15) is 0 Å². The number of nitrogens with two attached hydrogens (primary N) is 1. The van der Waals surface area contributed by atoms with E-state index in [0.29, 0.717) is 12.1 Å². The molecule has 1 spiro atoms. The minimum atomic E-state index is -3.32. The van der Waals surface area contributed by atoms with E-state index in [2.05, 4.69) is 0 Å². The van der Waals surface area contributed by atoms with Gasteiger partial charge in [0.2, 0.25) is 5.91 Å². The van der Waals surface area contributed by atoms with E-state index in [4.69, 9.17) is 5.73 Å². The smallest absolute Gasteiger partial charge is 0.227 e. The van der Waals surface area contributed by atoms with Crippen molar-refractivity contribution in [1.82, 2.24) is 4.90 Å². The highest BCUT2D eigenvalue weighted by atomic mass is 32.2. The Bertz CT molecular complexity index is 710. The average Bonchev–Trinajstić information content (AvgIpc) is 2.85. The van der Waals surface area contributed by atoms with Crippen LogP contribution in [0.1, 0.15) is 31.7 Å². The van der Waals surface area contributed by atoms with Gasteiger partial charge in [0.15, 0.2) is 9.84 Å². The first kappa shape index (κ1) is 16.5. The molecule has 1 heterocycles. The number of carbonyl (C=O) groups is 1. The number of likely N-dealkylation sites (tertiary alicyclic amines) is 1. The van der Waals surface area contributed by atoms with Crippen molar-refractivity contribution in [3.63, 3.8) is 0 Å². The van der Waals surface area contributed by atoms with E-state index in [1.165, 1.54) is 6.42 Å². The largest absolute Gasteiger partial charge is 0.340 e. The van der Waals surface area contributed by atoms with Crippen molar-refractivity contribution >= 4 is 15.7 Å². The zero-order chi connectivity index (χ0) is 16.7. The first-order valence-electron chi connectivity index (χ1n) is 8.22. The van der Waals surface area contributed by atoms with Crippen LogP contribution in [0, 0.1) is 5.41 Å². The van der Waals surface area contributed by atoms with Gasteiger partial charge in [-0.05, 0) is 24.5 Å². The number of hydrogen-bond acceptors (Lipinski definition) is 4. The molecule has 3 rings (SSSR count). The molecule has 5 nitrogen and oxygen atoms in total. The molecule has 2 N–H and O–H groups in total. The summed E-state index contributed by atoms with van der Waals surface area (Å²) in [5, 5.41) is 0. The van der Waals surface area contributed by atoms with Gasteiger partial charge in [-0.15, -0.1) is 0 Å². The third kappa shape index (κ3) is 2.90. The van der Waals surface area contributed by atoms with E-state index in [0.717, 1.165) is 19.4 Å². The van der Waals surface area contributed by atoms with E-state index in [1.54, 1.807) is 31.2 Å². The lowest BCUT2D eigenvalue weighted by Crippen LogP contribution is -2.45. The molecule has 1 aliphatic heterocycles. The van der Waals surface area contributed by atoms with Crippen molar-refractivity contribution in [3.8, 4) is 0 Å². The first-order chi connectivity index (χ1) is 10.9. The predicted molar refractivity (Wildman–Crippen MR) is 88.7 cm³/mol. The lowest BCUT2D eigenvalue weighted by molar-refractivity contribution is -0.130. The Hall–Kier alpha value is -1.40. The van der Waals surface area contributed by atoms with E-state index in [-0.39, 0.29) is 34.4 Å². The van der Waals surface area contributed by atoms with Crippen LogP contribution in [-0.2, 0) is 21.1 Å². The lowest BCUT2D eigenvalue weighted by Gasteiger charge is -2.41. The first-order valence-corrected chi connectivity index (χ1v) is 9.87. The second-order valence-corrected chi connectivity index (χ2v) is 9.03. The summed E-state index contributed by atoms with van der Waals surface area (Å²) in [6, 6.07) is 6.85. The summed E-state index contributed by atoms with van der Waals surface area (Å²) >= 11 is 0. The van der Waals surface area contributed by atoms with Crippen LogP contribution in [0.25, 0.3) is 0 Å². The van der Waals surface area contributed by atoms with Crippen LogP contribution < -0.4 is 5.73 Å². The quantitative estimate of drug-likeness (QED) is 0.900. The maximum atomic E-state index is 12.6. The van der Waals surface area contributed by atoms with Crippen LogP contribution in [0.2, 0.25) is 0 Å². The Labute approximate surface area is 137 Å². The third-order valence-corrected chi connectivity index (χ3v) is 7.27. The minimum absolute atomic E-state index is 0.0250. The zero-order valence-electron chi connectivity index (χ0n) is 13.5. The summed E-state index contributed by atoms with van der Waals surface area (Å²) in [6.07, 6.45) is 3.50. The molecule has 1 aromatic carbocycles. The van der Waals surface area contributed by atoms with Crippen molar-refractivity contribution in [2.75, 3.05) is 18.8 Å². The second-order valence-electron chi connectivity index (χ2n) is 6.78. The molecule has 1 saturated heterocycles. The molecule has 1 saturated carbocycles. The van der Waals surface area contributed by atoms with Gasteiger partial charge in [-0.2, -0.15) is 0 Å². The van der Waals surface area contributed by atoms with Crippen molar-refractivity contribution in [2.45, 2.75) is 43.5 Å². The fraction of sp³-hybridized carbons (Fsp3) is 0.588. The topological polar surface area (TPSA) is 80.5 Å². The van der Waals surface area contributed by atoms with Crippen molar-refractivity contribution < 1.29 is 13.2 Å². The number of amides is 1. The normalized spacial score (nSPS) is 23.0. The molecule has 23 heavy (non-hydrogen) atoms. The monoisotopic (exact) mass is 336 g/mol. The van der Waals surface area contributed by atoms with Gasteiger partial charge in [-0.3, -0.25) is 4.79 Å². The van der Waals surface area contributed by atoms with E-state index in [1.807, 2.05) is 4.90 Å². The Kier molecular flexibility index (Phi) is 4.23. The number of sulfone groups is 1. The summed E-state index contributed by atoms with van der Waals surface area (Å²) in [5.41, 5.74) is 6.93. The van der Waals surface area contributed by atoms with Gasteiger partial charge >= 0.3 is 0 Å². The lowest BCUT2D eigenvalue weighted by atomic mass is 9.66. The molecule has 2 fully saturated rings. The van der Waals surface area contributed by atoms with Crippen LogP contribution >= 0.6 is 0 Å². The van der Waals surface area contributed by atoms with Gasteiger partial charge in [-0.25, -0.2) is 8.42 Å². The van der Waals surface area contributed by atoms with E-state index in [9.17, 15) is 13.2 Å². The molecule has 0 aromatic heterocycles. The highest BCUT2D eigenvalue weighted by molar-refractivity contribution is 7.91. The van der Waals surface area contributed by atoms with Crippen LogP contribution in [0.3, 0.4) is 0 Å². The van der Waals surface area contributed by atoms with Gasteiger partial charge < -0.3 is 10.6 Å². The Balaban J connectivity index is 1.77. The second kappa shape index (κ2) is 5.91. The number of carbonyl (C=O) groups excluding carboxylic acids is 1. The Morgan fingerprint density at radius 1 is 1.35 bits per heavy atom. The molecular formula is C17H24N2O3S. The van der Waals surface area contributed by atoms with Crippen LogP contribution in [0.15, 0.2) is 29.2 Å². The summed E-state index contributed by atoms with van der Waals surface area (Å²) in [4.78, 5) is 14.7. The molecule has 1 aromatic rings. The fourth-order valence-corrected chi connectivity index (χ4v) is 4.86. The molecule has 1 atom stereocenters. The standard InChI is InChI=1S/C17H24N2O3S/c1-2-23(21,22)14-7-4-3-6-13(14)10-16(20)19-11-15(18)17(12-19)8-5-9-17/h3-4,6-7,15H,2,5,8-12,18H2,1H3. The number of nitrogens with zero attached hydrogens (tertiary/aromatic N) is 1. The summed E-state index contributed by atoms with van der Waals surface area (Å²) < 4.78 is 24.4. The van der Waals surface area contributed by atoms with E-state index < -0.39 is 9.84 Å².